The second-order valence-corrected chi connectivity index (χ2v) is 4.50. The van der Waals surface area contributed by atoms with Crippen molar-refractivity contribution < 1.29 is 9.90 Å². The van der Waals surface area contributed by atoms with Gasteiger partial charge in [-0.05, 0) is 29.7 Å². The molecule has 3 aromatic rings. The predicted molar refractivity (Wildman–Crippen MR) is 80.0 cm³/mol. The summed E-state index contributed by atoms with van der Waals surface area (Å²) < 4.78 is 0. The van der Waals surface area contributed by atoms with Crippen LogP contribution in [-0.4, -0.2) is 11.0 Å². The van der Waals surface area contributed by atoms with Crippen LogP contribution in [0.5, 0.6) is 5.75 Å². The van der Waals surface area contributed by atoms with Gasteiger partial charge in [-0.25, -0.2) is 0 Å². The molecule has 0 aliphatic rings. The molecule has 0 unspecified atom stereocenters. The second-order valence-electron chi connectivity index (χ2n) is 4.50. The number of rotatable bonds is 2. The first-order chi connectivity index (χ1) is 9.75. The van der Waals surface area contributed by atoms with E-state index < -0.39 is 0 Å². The number of hydrogen-bond donors (Lipinski definition) is 2. The van der Waals surface area contributed by atoms with E-state index in [1.165, 1.54) is 0 Å². The molecule has 3 aromatic carbocycles. The molecule has 0 fully saturated rings. The van der Waals surface area contributed by atoms with Crippen LogP contribution in [0.25, 0.3) is 10.8 Å². The Morgan fingerprint density at radius 3 is 2.30 bits per heavy atom. The van der Waals surface area contributed by atoms with Crippen molar-refractivity contribution in [2.75, 3.05) is 5.32 Å². The molecule has 0 aliphatic heterocycles. The van der Waals surface area contributed by atoms with E-state index in [1.54, 1.807) is 18.2 Å². The quantitative estimate of drug-likeness (QED) is 0.738. The molecule has 2 N–H and O–H groups in total. The molecule has 0 spiro atoms. The number of fused-ring (bicyclic) bond motifs is 1. The van der Waals surface area contributed by atoms with E-state index in [0.29, 0.717) is 10.9 Å². The zero-order chi connectivity index (χ0) is 13.9. The minimum atomic E-state index is -0.233. The van der Waals surface area contributed by atoms with Crippen molar-refractivity contribution in [2.45, 2.75) is 0 Å². The highest BCUT2D eigenvalue weighted by atomic mass is 16.3. The Hall–Kier alpha value is -2.81. The van der Waals surface area contributed by atoms with Gasteiger partial charge in [-0.15, -0.1) is 0 Å². The Balaban J connectivity index is 2.04. The van der Waals surface area contributed by atoms with Crippen LogP contribution in [0.1, 0.15) is 10.4 Å². The van der Waals surface area contributed by atoms with E-state index in [4.69, 9.17) is 0 Å². The van der Waals surface area contributed by atoms with Gasteiger partial charge in [0.1, 0.15) is 5.75 Å². The van der Waals surface area contributed by atoms with Crippen molar-refractivity contribution in [1.82, 2.24) is 0 Å². The number of phenols is 1. The van der Waals surface area contributed by atoms with Crippen LogP contribution in [0.15, 0.2) is 66.7 Å². The van der Waals surface area contributed by atoms with Gasteiger partial charge in [-0.3, -0.25) is 4.79 Å². The van der Waals surface area contributed by atoms with Gasteiger partial charge in [0, 0.05) is 11.1 Å². The molecule has 98 valence electrons. The normalized spacial score (nSPS) is 10.4. The molecule has 0 saturated heterocycles. The highest BCUT2D eigenvalue weighted by Crippen LogP contribution is 2.28. The van der Waals surface area contributed by atoms with Crippen molar-refractivity contribution >= 4 is 22.4 Å². The fraction of sp³-hybridized carbons (Fsp3) is 0. The molecule has 3 nitrogen and oxygen atoms in total. The fourth-order valence-electron chi connectivity index (χ4n) is 2.23. The number of carbonyl (C=O) groups excluding carboxylic acids is 1. The van der Waals surface area contributed by atoms with Gasteiger partial charge in [0.2, 0.25) is 0 Å². The van der Waals surface area contributed by atoms with Crippen LogP contribution in [0.2, 0.25) is 0 Å². The van der Waals surface area contributed by atoms with Crippen LogP contribution in [0.4, 0.5) is 5.69 Å². The summed E-state index contributed by atoms with van der Waals surface area (Å²) in [5.41, 5.74) is 1.19. The largest absolute Gasteiger partial charge is 0.507 e. The lowest BCUT2D eigenvalue weighted by Crippen LogP contribution is -2.12. The second kappa shape index (κ2) is 5.05. The smallest absolute Gasteiger partial charge is 0.256 e. The van der Waals surface area contributed by atoms with Gasteiger partial charge in [-0.2, -0.15) is 0 Å². The lowest BCUT2D eigenvalue weighted by atomic mass is 10.0. The Morgan fingerprint density at radius 2 is 1.55 bits per heavy atom. The predicted octanol–water partition coefficient (Wildman–Crippen LogP) is 3.80. The first-order valence-corrected chi connectivity index (χ1v) is 6.33. The average molecular weight is 263 g/mol. The third-order valence-electron chi connectivity index (χ3n) is 3.16. The lowest BCUT2D eigenvalue weighted by molar-refractivity contribution is 0.102. The molecule has 0 aromatic heterocycles. The van der Waals surface area contributed by atoms with Crippen LogP contribution in [0, 0.1) is 0 Å². The number of nitrogens with one attached hydrogen (secondary N) is 1. The van der Waals surface area contributed by atoms with Gasteiger partial charge < -0.3 is 10.4 Å². The summed E-state index contributed by atoms with van der Waals surface area (Å²) in [5.74, 6) is -0.121. The number of benzene rings is 3. The van der Waals surface area contributed by atoms with Crippen LogP contribution in [-0.2, 0) is 0 Å². The molecule has 3 heteroatoms. The maximum Gasteiger partial charge on any atom is 0.256 e. The van der Waals surface area contributed by atoms with Crippen LogP contribution >= 0.6 is 0 Å². The number of phenolic OH excluding ortho intramolecular Hbond substituents is 1. The molecule has 3 rings (SSSR count). The van der Waals surface area contributed by atoms with Crippen LogP contribution < -0.4 is 5.32 Å². The minimum Gasteiger partial charge on any atom is -0.507 e. The Bertz CT molecular complexity index is 761. The summed E-state index contributed by atoms with van der Waals surface area (Å²) in [4.78, 5) is 12.4. The van der Waals surface area contributed by atoms with Crippen molar-refractivity contribution in [3.63, 3.8) is 0 Å². The summed E-state index contributed by atoms with van der Waals surface area (Å²) >= 11 is 0. The summed E-state index contributed by atoms with van der Waals surface area (Å²) in [7, 11) is 0. The molecule has 0 aliphatic carbocycles. The SMILES string of the molecule is O=C(Nc1ccccc1)c1cccc2cccc(O)c12. The van der Waals surface area contributed by atoms with Gasteiger partial charge in [0.15, 0.2) is 0 Å². The Labute approximate surface area is 116 Å². The summed E-state index contributed by atoms with van der Waals surface area (Å²) in [6.07, 6.45) is 0. The molecule has 20 heavy (non-hydrogen) atoms. The maximum absolute atomic E-state index is 12.4. The third kappa shape index (κ3) is 2.21. The van der Waals surface area contributed by atoms with Crippen LogP contribution in [0.3, 0.4) is 0 Å². The van der Waals surface area contributed by atoms with E-state index in [-0.39, 0.29) is 11.7 Å². The Morgan fingerprint density at radius 1 is 0.850 bits per heavy atom. The zero-order valence-electron chi connectivity index (χ0n) is 10.7. The van der Waals surface area contributed by atoms with E-state index in [1.807, 2.05) is 48.5 Å². The standard InChI is InChI=1S/C17H13NO2/c19-15-11-5-7-12-6-4-10-14(16(12)15)17(20)18-13-8-2-1-3-9-13/h1-11,19H,(H,18,20). The highest BCUT2D eigenvalue weighted by Gasteiger charge is 2.12. The van der Waals surface area contributed by atoms with E-state index >= 15 is 0 Å². The molecule has 0 bridgehead atoms. The molecular formula is C17H13NO2. The zero-order valence-corrected chi connectivity index (χ0v) is 10.7. The van der Waals surface area contributed by atoms with Crippen molar-refractivity contribution in [3.05, 3.63) is 72.3 Å². The first kappa shape index (κ1) is 12.2. The van der Waals surface area contributed by atoms with Crippen molar-refractivity contribution in [1.29, 1.82) is 0 Å². The number of hydrogen-bond acceptors (Lipinski definition) is 2. The molecule has 1 amide bonds. The number of anilines is 1. The summed E-state index contributed by atoms with van der Waals surface area (Å²) in [6.45, 7) is 0. The van der Waals surface area contributed by atoms with Gasteiger partial charge >= 0.3 is 0 Å². The monoisotopic (exact) mass is 263 g/mol. The molecular weight excluding hydrogens is 250 g/mol. The number of carbonyl (C=O) groups is 1. The van der Waals surface area contributed by atoms with E-state index in [2.05, 4.69) is 5.32 Å². The molecule has 0 radical (unpaired) electrons. The van der Waals surface area contributed by atoms with E-state index in [0.717, 1.165) is 11.1 Å². The van der Waals surface area contributed by atoms with Gasteiger partial charge in [0.25, 0.3) is 5.91 Å². The number of aromatic hydroxyl groups is 1. The average Bonchev–Trinajstić information content (AvgIpc) is 2.48. The van der Waals surface area contributed by atoms with Gasteiger partial charge in [-0.1, -0.05) is 42.5 Å². The summed E-state index contributed by atoms with van der Waals surface area (Å²) in [5, 5.41) is 14.2. The molecule has 0 heterocycles. The Kier molecular flexibility index (Phi) is 3.09. The minimum absolute atomic E-state index is 0.112. The number of amides is 1. The van der Waals surface area contributed by atoms with Crippen molar-refractivity contribution in [2.24, 2.45) is 0 Å². The maximum atomic E-state index is 12.4. The van der Waals surface area contributed by atoms with Gasteiger partial charge in [0.05, 0.1) is 5.56 Å². The fourth-order valence-corrected chi connectivity index (χ4v) is 2.23. The first-order valence-electron chi connectivity index (χ1n) is 6.33. The third-order valence-corrected chi connectivity index (χ3v) is 3.16. The van der Waals surface area contributed by atoms with E-state index in [9.17, 15) is 9.90 Å². The topological polar surface area (TPSA) is 49.3 Å². The summed E-state index contributed by atoms with van der Waals surface area (Å²) in [6, 6.07) is 19.8. The van der Waals surface area contributed by atoms with Crippen molar-refractivity contribution in [3.8, 4) is 5.75 Å². The number of para-hydroxylation sites is 1. The molecule has 0 saturated carbocycles. The highest BCUT2D eigenvalue weighted by molar-refractivity contribution is 6.14. The molecule has 0 atom stereocenters. The lowest BCUT2D eigenvalue weighted by Gasteiger charge is -2.09.